The van der Waals surface area contributed by atoms with Crippen LogP contribution in [0, 0.1) is 23.2 Å². The first-order valence-corrected chi connectivity index (χ1v) is 8.23. The van der Waals surface area contributed by atoms with Gasteiger partial charge in [-0.15, -0.1) is 0 Å². The van der Waals surface area contributed by atoms with Crippen LogP contribution < -0.4 is 5.43 Å². The van der Waals surface area contributed by atoms with Crippen molar-refractivity contribution in [3.05, 3.63) is 11.8 Å². The fourth-order valence-electron chi connectivity index (χ4n) is 3.47. The van der Waals surface area contributed by atoms with Gasteiger partial charge in [0.15, 0.2) is 0 Å². The Morgan fingerprint density at radius 1 is 1.30 bits per heavy atom. The average molecular weight is 278 g/mol. The predicted octanol–water partition coefficient (Wildman–Crippen LogP) is 5.36. The van der Waals surface area contributed by atoms with Crippen molar-refractivity contribution >= 4 is 6.72 Å². The molecule has 2 heteroatoms. The summed E-state index contributed by atoms with van der Waals surface area (Å²) in [5, 5.41) is 3.79. The summed E-state index contributed by atoms with van der Waals surface area (Å²) in [7, 11) is 0. The van der Waals surface area contributed by atoms with Crippen LogP contribution in [0.2, 0.25) is 0 Å². The van der Waals surface area contributed by atoms with E-state index in [0.717, 1.165) is 11.8 Å². The third kappa shape index (κ3) is 6.11. The summed E-state index contributed by atoms with van der Waals surface area (Å²) in [5.74, 6) is 2.39. The minimum absolute atomic E-state index is 0.391. The lowest BCUT2D eigenvalue weighted by Crippen LogP contribution is -2.20. The number of rotatable bonds is 4. The molecule has 0 radical (unpaired) electrons. The summed E-state index contributed by atoms with van der Waals surface area (Å²) in [5.41, 5.74) is 4.92. The Kier molecular flexibility index (Phi) is 6.78. The van der Waals surface area contributed by atoms with E-state index in [-0.39, 0.29) is 0 Å². The van der Waals surface area contributed by atoms with Crippen molar-refractivity contribution in [2.45, 2.75) is 73.1 Å². The zero-order valence-corrected chi connectivity index (χ0v) is 14.2. The van der Waals surface area contributed by atoms with Gasteiger partial charge in [0.05, 0.1) is 0 Å². The fraction of sp³-hybridized carbons (Fsp3) is 0.833. The molecule has 0 amide bonds. The topological polar surface area (TPSA) is 24.4 Å². The standard InChI is InChI=1S/C18H34N2/c1-14(2)15-8-7-9-16(12-18(3,4)5)17(11-10-15)13-20-19-6/h13-16,20H,6-12H2,1-5H3/b17-13-. The normalized spacial score (nSPS) is 27.2. The Morgan fingerprint density at radius 2 is 2.00 bits per heavy atom. The van der Waals surface area contributed by atoms with Crippen molar-refractivity contribution in [2.75, 3.05) is 0 Å². The molecule has 1 rings (SSSR count). The van der Waals surface area contributed by atoms with Gasteiger partial charge in [-0.2, -0.15) is 5.10 Å². The molecular weight excluding hydrogens is 244 g/mol. The van der Waals surface area contributed by atoms with Crippen molar-refractivity contribution in [1.29, 1.82) is 0 Å². The van der Waals surface area contributed by atoms with Crippen LogP contribution in [0.1, 0.15) is 73.1 Å². The molecule has 0 bridgehead atoms. The summed E-state index contributed by atoms with van der Waals surface area (Å²) >= 11 is 0. The Balaban J connectivity index is 2.79. The van der Waals surface area contributed by atoms with E-state index in [1.165, 1.54) is 38.5 Å². The van der Waals surface area contributed by atoms with Gasteiger partial charge >= 0.3 is 0 Å². The highest BCUT2D eigenvalue weighted by Crippen LogP contribution is 2.38. The molecule has 1 saturated carbocycles. The predicted molar refractivity (Wildman–Crippen MR) is 89.7 cm³/mol. The smallest absolute Gasteiger partial charge is 0.0194 e. The van der Waals surface area contributed by atoms with E-state index in [0.29, 0.717) is 11.3 Å². The maximum Gasteiger partial charge on any atom is 0.0194 e. The highest BCUT2D eigenvalue weighted by atomic mass is 15.3. The van der Waals surface area contributed by atoms with Gasteiger partial charge in [0.2, 0.25) is 0 Å². The molecule has 2 nitrogen and oxygen atoms in total. The van der Waals surface area contributed by atoms with Crippen molar-refractivity contribution in [3.8, 4) is 0 Å². The molecular formula is C18H34N2. The minimum atomic E-state index is 0.391. The molecule has 2 unspecified atom stereocenters. The van der Waals surface area contributed by atoms with Gasteiger partial charge in [-0.1, -0.05) is 47.5 Å². The largest absolute Gasteiger partial charge is 0.286 e. The van der Waals surface area contributed by atoms with Gasteiger partial charge in [0.1, 0.15) is 0 Å². The first kappa shape index (κ1) is 17.3. The minimum Gasteiger partial charge on any atom is -0.286 e. The Bertz CT molecular complexity index is 323. The molecule has 1 aliphatic carbocycles. The second kappa shape index (κ2) is 7.85. The summed E-state index contributed by atoms with van der Waals surface area (Å²) < 4.78 is 0. The molecule has 116 valence electrons. The molecule has 0 aliphatic heterocycles. The number of allylic oxidation sites excluding steroid dienone is 1. The Labute approximate surface area is 126 Å². The summed E-state index contributed by atoms with van der Waals surface area (Å²) in [6.07, 6.45) is 10.0. The van der Waals surface area contributed by atoms with E-state index in [4.69, 9.17) is 0 Å². The van der Waals surface area contributed by atoms with Crippen LogP contribution in [-0.2, 0) is 0 Å². The number of hydrazone groups is 1. The second-order valence-electron chi connectivity index (χ2n) is 7.94. The van der Waals surface area contributed by atoms with E-state index in [2.05, 4.69) is 58.1 Å². The quantitative estimate of drug-likeness (QED) is 0.543. The Morgan fingerprint density at radius 3 is 2.55 bits per heavy atom. The van der Waals surface area contributed by atoms with E-state index in [1.807, 2.05) is 0 Å². The molecule has 0 heterocycles. The van der Waals surface area contributed by atoms with E-state index in [9.17, 15) is 0 Å². The van der Waals surface area contributed by atoms with Crippen LogP contribution in [0.5, 0.6) is 0 Å². The molecule has 0 saturated heterocycles. The van der Waals surface area contributed by atoms with Crippen LogP contribution >= 0.6 is 0 Å². The fourth-order valence-corrected chi connectivity index (χ4v) is 3.47. The number of hydrogen-bond acceptors (Lipinski definition) is 2. The van der Waals surface area contributed by atoms with Crippen LogP contribution in [0.15, 0.2) is 16.9 Å². The molecule has 1 fully saturated rings. The van der Waals surface area contributed by atoms with E-state index < -0.39 is 0 Å². The number of hydrogen-bond donors (Lipinski definition) is 1. The molecule has 1 aliphatic rings. The van der Waals surface area contributed by atoms with Gasteiger partial charge in [0, 0.05) is 12.9 Å². The zero-order valence-electron chi connectivity index (χ0n) is 14.2. The summed E-state index contributed by atoms with van der Waals surface area (Å²) in [6.45, 7) is 15.3. The lowest BCUT2D eigenvalue weighted by atomic mass is 9.73. The van der Waals surface area contributed by atoms with Crippen molar-refractivity contribution in [2.24, 2.45) is 28.3 Å². The second-order valence-corrected chi connectivity index (χ2v) is 7.94. The maximum atomic E-state index is 3.79. The highest BCUT2D eigenvalue weighted by molar-refractivity contribution is 5.23. The highest BCUT2D eigenvalue weighted by Gasteiger charge is 2.25. The van der Waals surface area contributed by atoms with Crippen LogP contribution in [0.3, 0.4) is 0 Å². The molecule has 1 N–H and O–H groups in total. The lowest BCUT2D eigenvalue weighted by molar-refractivity contribution is 0.255. The first-order chi connectivity index (χ1) is 9.33. The van der Waals surface area contributed by atoms with Gasteiger partial charge in [0.25, 0.3) is 0 Å². The average Bonchev–Trinajstić information content (AvgIpc) is 2.30. The maximum absolute atomic E-state index is 3.79. The van der Waals surface area contributed by atoms with Crippen LogP contribution in [0.25, 0.3) is 0 Å². The third-order valence-corrected chi connectivity index (χ3v) is 4.60. The first-order valence-electron chi connectivity index (χ1n) is 8.23. The molecule has 0 aromatic carbocycles. The number of nitrogens with one attached hydrogen (secondary N) is 1. The van der Waals surface area contributed by atoms with Crippen LogP contribution in [-0.4, -0.2) is 6.72 Å². The molecule has 0 spiro atoms. The molecule has 0 aromatic rings. The van der Waals surface area contributed by atoms with Crippen molar-refractivity contribution in [3.63, 3.8) is 0 Å². The number of nitrogens with zero attached hydrogens (tertiary/aromatic N) is 1. The summed E-state index contributed by atoms with van der Waals surface area (Å²) in [4.78, 5) is 0. The monoisotopic (exact) mass is 278 g/mol. The van der Waals surface area contributed by atoms with Gasteiger partial charge < -0.3 is 0 Å². The van der Waals surface area contributed by atoms with Crippen molar-refractivity contribution in [1.82, 2.24) is 5.43 Å². The Hall–Kier alpha value is -0.790. The van der Waals surface area contributed by atoms with Gasteiger partial charge in [-0.25, -0.2) is 0 Å². The third-order valence-electron chi connectivity index (χ3n) is 4.60. The van der Waals surface area contributed by atoms with Gasteiger partial charge in [-0.05, 0) is 54.4 Å². The SMILES string of the molecule is C=NN/C=C1/CCC(C(C)C)CCCC1CC(C)(C)C. The van der Waals surface area contributed by atoms with Gasteiger partial charge in [-0.3, -0.25) is 5.43 Å². The van der Waals surface area contributed by atoms with E-state index >= 15 is 0 Å². The zero-order chi connectivity index (χ0) is 15.2. The molecule has 2 atom stereocenters. The van der Waals surface area contributed by atoms with Crippen LogP contribution in [0.4, 0.5) is 0 Å². The van der Waals surface area contributed by atoms with Crippen molar-refractivity contribution < 1.29 is 0 Å². The molecule has 20 heavy (non-hydrogen) atoms. The lowest BCUT2D eigenvalue weighted by Gasteiger charge is -2.32. The summed E-state index contributed by atoms with van der Waals surface area (Å²) in [6, 6.07) is 0. The molecule has 0 aromatic heterocycles. The van der Waals surface area contributed by atoms with E-state index in [1.54, 1.807) is 5.57 Å².